The van der Waals surface area contributed by atoms with Crippen LogP contribution in [0.3, 0.4) is 0 Å². The summed E-state index contributed by atoms with van der Waals surface area (Å²) in [5.41, 5.74) is 14.9. The van der Waals surface area contributed by atoms with Crippen molar-refractivity contribution in [1.29, 1.82) is 0 Å². The number of carbonyl (C=O) groups is 3. The summed E-state index contributed by atoms with van der Waals surface area (Å²) in [6.45, 7) is 4.66. The molecule has 0 aromatic heterocycles. The smallest absolute Gasteiger partial charge is 0.254 e. The Kier molecular flexibility index (Phi) is 6.98. The molecular weight excluding hydrogens is 482 g/mol. The van der Waals surface area contributed by atoms with Gasteiger partial charge in [0.15, 0.2) is 0 Å². The van der Waals surface area contributed by atoms with Crippen LogP contribution in [0.2, 0.25) is 0 Å². The number of piperidine rings is 1. The molecule has 3 aromatic carbocycles. The van der Waals surface area contributed by atoms with Gasteiger partial charge in [-0.1, -0.05) is 49.0 Å². The van der Waals surface area contributed by atoms with E-state index in [0.717, 1.165) is 21.9 Å². The molecule has 4 unspecified atom stereocenters. The molecule has 5 rings (SSSR count). The lowest BCUT2D eigenvalue weighted by molar-refractivity contribution is -0.114. The molecule has 6 N–H and O–H groups in total. The fourth-order valence-electron chi connectivity index (χ4n) is 5.45. The lowest BCUT2D eigenvalue weighted by Gasteiger charge is -2.42. The van der Waals surface area contributed by atoms with E-state index in [1.807, 2.05) is 42.5 Å². The number of rotatable bonds is 7. The summed E-state index contributed by atoms with van der Waals surface area (Å²) in [6.07, 6.45) is -0.915. The van der Waals surface area contributed by atoms with Crippen molar-refractivity contribution in [3.05, 3.63) is 95.1 Å². The fourth-order valence-corrected chi connectivity index (χ4v) is 5.45. The van der Waals surface area contributed by atoms with Gasteiger partial charge < -0.3 is 26.4 Å². The molecule has 9 heteroatoms. The number of fused-ring (bicyclic) bond motifs is 3. The van der Waals surface area contributed by atoms with Crippen LogP contribution in [0.4, 0.5) is 0 Å². The number of amides is 3. The van der Waals surface area contributed by atoms with Gasteiger partial charge in [0.2, 0.25) is 5.91 Å². The maximum absolute atomic E-state index is 13.1. The van der Waals surface area contributed by atoms with Crippen LogP contribution >= 0.6 is 0 Å². The number of ether oxygens (including phenoxy) is 1. The van der Waals surface area contributed by atoms with Gasteiger partial charge >= 0.3 is 0 Å². The van der Waals surface area contributed by atoms with Crippen molar-refractivity contribution in [3.63, 3.8) is 0 Å². The first-order chi connectivity index (χ1) is 18.3. The zero-order valence-electron chi connectivity index (χ0n) is 21.1. The van der Waals surface area contributed by atoms with Gasteiger partial charge in [0.05, 0.1) is 18.8 Å². The molecule has 3 amide bonds. The highest BCUT2D eigenvalue weighted by Crippen LogP contribution is 2.34. The minimum absolute atomic E-state index is 0.0809. The van der Waals surface area contributed by atoms with E-state index in [1.165, 1.54) is 0 Å². The zero-order chi connectivity index (χ0) is 27.0. The molecule has 0 bridgehead atoms. The first kappa shape index (κ1) is 25.6. The first-order valence-electron chi connectivity index (χ1n) is 12.5. The van der Waals surface area contributed by atoms with E-state index < -0.39 is 24.2 Å². The quantitative estimate of drug-likeness (QED) is 0.354. The van der Waals surface area contributed by atoms with Gasteiger partial charge in [-0.2, -0.15) is 0 Å². The second kappa shape index (κ2) is 10.4. The number of hydrogen-bond donors (Lipinski definition) is 4. The summed E-state index contributed by atoms with van der Waals surface area (Å²) >= 11 is 0. The molecule has 0 radical (unpaired) electrons. The van der Waals surface area contributed by atoms with E-state index in [1.54, 1.807) is 24.1 Å². The summed E-state index contributed by atoms with van der Waals surface area (Å²) in [5.74, 6) is -1.13. The third-order valence-corrected chi connectivity index (χ3v) is 7.50. The number of carbonyl (C=O) groups excluding carboxylic acids is 3. The standard InChI is InChI=1S/C29H31N5O4/c1-16(27(31)35)14-34-15-23-20(29(34)37)11-10-17-8-9-19(12-21(17)23)22-13-32-26(30)25(38-2)24(22)33-28(36)18-6-4-3-5-7-18/h3-12,22,24-26,32H,1,13-15,30H2,2H3,(H2,31,35)(H,33,36). The van der Waals surface area contributed by atoms with Crippen molar-refractivity contribution < 1.29 is 19.1 Å². The van der Waals surface area contributed by atoms with Gasteiger partial charge in [-0.25, -0.2) is 0 Å². The van der Waals surface area contributed by atoms with Gasteiger partial charge in [0.25, 0.3) is 11.8 Å². The molecular formula is C29H31N5O4. The molecule has 0 spiro atoms. The summed E-state index contributed by atoms with van der Waals surface area (Å²) in [5, 5.41) is 8.40. The molecule has 9 nitrogen and oxygen atoms in total. The molecule has 196 valence electrons. The zero-order valence-corrected chi connectivity index (χ0v) is 21.1. The predicted molar refractivity (Wildman–Crippen MR) is 144 cm³/mol. The molecule has 1 fully saturated rings. The van der Waals surface area contributed by atoms with Crippen molar-refractivity contribution in [2.45, 2.75) is 30.8 Å². The Bertz CT molecular complexity index is 1420. The average Bonchev–Trinajstić information content (AvgIpc) is 3.24. The van der Waals surface area contributed by atoms with Crippen molar-refractivity contribution >= 4 is 28.5 Å². The Morgan fingerprint density at radius 2 is 1.89 bits per heavy atom. The van der Waals surface area contributed by atoms with Gasteiger partial charge in [-0.15, -0.1) is 0 Å². The number of hydrogen-bond acceptors (Lipinski definition) is 6. The van der Waals surface area contributed by atoms with E-state index in [-0.39, 0.29) is 29.9 Å². The second-order valence-electron chi connectivity index (χ2n) is 9.81. The van der Waals surface area contributed by atoms with Gasteiger partial charge in [-0.05, 0) is 40.1 Å². The SMILES string of the molecule is C=C(CN1Cc2c(ccc3ccc(C4CNC(N)C(OC)C4NC(=O)c4ccccc4)cc23)C1=O)C(N)=O. The van der Waals surface area contributed by atoms with E-state index >= 15 is 0 Å². The van der Waals surface area contributed by atoms with Gasteiger partial charge in [0, 0.05) is 42.8 Å². The lowest BCUT2D eigenvalue weighted by Crippen LogP contribution is -2.65. The third kappa shape index (κ3) is 4.67. The Balaban J connectivity index is 1.50. The molecule has 38 heavy (non-hydrogen) atoms. The minimum Gasteiger partial charge on any atom is -0.376 e. The number of nitrogens with zero attached hydrogens (tertiary/aromatic N) is 1. The number of nitrogens with one attached hydrogen (secondary N) is 2. The van der Waals surface area contributed by atoms with Crippen LogP contribution in [-0.2, 0) is 16.1 Å². The predicted octanol–water partition coefficient (Wildman–Crippen LogP) is 1.62. The maximum atomic E-state index is 13.1. The number of benzene rings is 3. The molecule has 0 aliphatic carbocycles. The molecule has 1 saturated heterocycles. The molecule has 2 aliphatic heterocycles. The fraction of sp³-hybridized carbons (Fsp3) is 0.276. The minimum atomic E-state index is -0.625. The maximum Gasteiger partial charge on any atom is 0.254 e. The summed E-state index contributed by atoms with van der Waals surface area (Å²) in [7, 11) is 1.59. The first-order valence-corrected chi connectivity index (χ1v) is 12.5. The van der Waals surface area contributed by atoms with Crippen molar-refractivity contribution in [1.82, 2.24) is 15.5 Å². The monoisotopic (exact) mass is 513 g/mol. The Hall–Kier alpha value is -4.05. The van der Waals surface area contributed by atoms with Crippen LogP contribution in [0.25, 0.3) is 10.8 Å². The highest BCUT2D eigenvalue weighted by Gasteiger charge is 2.40. The largest absolute Gasteiger partial charge is 0.376 e. The van der Waals surface area contributed by atoms with Crippen LogP contribution in [0, 0.1) is 0 Å². The molecule has 4 atom stereocenters. The average molecular weight is 514 g/mol. The Labute approximate surface area is 220 Å². The van der Waals surface area contributed by atoms with E-state index in [0.29, 0.717) is 24.2 Å². The van der Waals surface area contributed by atoms with Crippen LogP contribution in [0.5, 0.6) is 0 Å². The van der Waals surface area contributed by atoms with Crippen molar-refractivity contribution in [2.24, 2.45) is 11.5 Å². The Morgan fingerprint density at radius 3 is 2.61 bits per heavy atom. The van der Waals surface area contributed by atoms with E-state index in [2.05, 4.69) is 23.3 Å². The molecule has 0 saturated carbocycles. The van der Waals surface area contributed by atoms with E-state index in [4.69, 9.17) is 16.2 Å². The second-order valence-corrected chi connectivity index (χ2v) is 9.81. The normalized spacial score (nSPS) is 22.8. The van der Waals surface area contributed by atoms with Crippen LogP contribution in [-0.4, -0.2) is 61.1 Å². The highest BCUT2D eigenvalue weighted by molar-refractivity contribution is 6.05. The van der Waals surface area contributed by atoms with Crippen molar-refractivity contribution in [2.75, 3.05) is 20.2 Å². The van der Waals surface area contributed by atoms with Gasteiger partial charge in [0.1, 0.15) is 6.10 Å². The number of methoxy groups -OCH3 is 1. The number of nitrogens with two attached hydrogens (primary N) is 2. The summed E-state index contributed by atoms with van der Waals surface area (Å²) in [6, 6.07) is 18.5. The highest BCUT2D eigenvalue weighted by atomic mass is 16.5. The lowest BCUT2D eigenvalue weighted by atomic mass is 9.82. The topological polar surface area (TPSA) is 140 Å². The van der Waals surface area contributed by atoms with E-state index in [9.17, 15) is 14.4 Å². The molecule has 3 aromatic rings. The summed E-state index contributed by atoms with van der Waals surface area (Å²) in [4.78, 5) is 39.3. The summed E-state index contributed by atoms with van der Waals surface area (Å²) < 4.78 is 5.75. The van der Waals surface area contributed by atoms with Gasteiger partial charge in [-0.3, -0.25) is 19.7 Å². The third-order valence-electron chi connectivity index (χ3n) is 7.50. The molecule has 2 aliphatic rings. The molecule has 2 heterocycles. The van der Waals surface area contributed by atoms with Crippen LogP contribution < -0.4 is 22.1 Å². The number of primary amides is 1. The van der Waals surface area contributed by atoms with Crippen molar-refractivity contribution in [3.8, 4) is 0 Å². The van der Waals surface area contributed by atoms with Crippen LogP contribution in [0.1, 0.15) is 37.8 Å². The Morgan fingerprint density at radius 1 is 1.16 bits per heavy atom. The van der Waals surface area contributed by atoms with Crippen LogP contribution in [0.15, 0.2) is 72.8 Å².